The summed E-state index contributed by atoms with van der Waals surface area (Å²) in [5.74, 6) is -1.18. The average Bonchev–Trinajstić information content (AvgIpc) is 3.40. The Kier molecular flexibility index (Phi) is 7.32. The van der Waals surface area contributed by atoms with Crippen molar-refractivity contribution in [3.05, 3.63) is 94.8 Å². The number of aromatic amines is 1. The van der Waals surface area contributed by atoms with Crippen molar-refractivity contribution in [1.82, 2.24) is 29.6 Å². The third-order valence-corrected chi connectivity index (χ3v) is 7.05. The van der Waals surface area contributed by atoms with Gasteiger partial charge in [0, 0.05) is 48.1 Å². The van der Waals surface area contributed by atoms with Crippen molar-refractivity contribution in [2.75, 3.05) is 30.8 Å². The van der Waals surface area contributed by atoms with Crippen molar-refractivity contribution in [2.45, 2.75) is 18.9 Å². The Morgan fingerprint density at radius 2 is 1.81 bits per heavy atom. The average molecular weight is 573 g/mol. The molecule has 0 saturated carbocycles. The SMILES string of the molecule is CN1CCC(Nc2n[nH]c3nccc(Oc4ccc(NC(=O)c5nccn(-c6ccc(F)cc6)c5=O)cc4F)c23)CC1. The smallest absolute Gasteiger partial charge is 0.286 e. The lowest BCUT2D eigenvalue weighted by Crippen LogP contribution is -2.36. The molecule has 1 aliphatic rings. The Balaban J connectivity index is 1.20. The summed E-state index contributed by atoms with van der Waals surface area (Å²) < 4.78 is 35.6. The van der Waals surface area contributed by atoms with Crippen molar-refractivity contribution in [3.63, 3.8) is 0 Å². The quantitative estimate of drug-likeness (QED) is 0.263. The van der Waals surface area contributed by atoms with Gasteiger partial charge in [-0.05, 0) is 69.4 Å². The minimum atomic E-state index is -0.830. The van der Waals surface area contributed by atoms with Crippen LogP contribution in [-0.2, 0) is 0 Å². The van der Waals surface area contributed by atoms with Gasteiger partial charge in [-0.1, -0.05) is 0 Å². The van der Waals surface area contributed by atoms with Crippen molar-refractivity contribution >= 4 is 28.4 Å². The van der Waals surface area contributed by atoms with Crippen LogP contribution in [0.1, 0.15) is 23.3 Å². The van der Waals surface area contributed by atoms with E-state index in [1.54, 1.807) is 6.07 Å². The predicted octanol–water partition coefficient (Wildman–Crippen LogP) is 4.33. The minimum Gasteiger partial charge on any atom is -0.453 e. The Labute approximate surface area is 238 Å². The van der Waals surface area contributed by atoms with E-state index >= 15 is 4.39 Å². The Bertz CT molecular complexity index is 1810. The first-order chi connectivity index (χ1) is 20.4. The van der Waals surface area contributed by atoms with Crippen LogP contribution in [-0.4, -0.2) is 61.7 Å². The van der Waals surface area contributed by atoms with Gasteiger partial charge in [-0.3, -0.25) is 19.3 Å². The molecule has 42 heavy (non-hydrogen) atoms. The molecule has 4 heterocycles. The Morgan fingerprint density at radius 1 is 1.02 bits per heavy atom. The number of anilines is 2. The van der Waals surface area contributed by atoms with Gasteiger partial charge >= 0.3 is 0 Å². The number of H-pyrrole nitrogens is 1. The highest BCUT2D eigenvalue weighted by Crippen LogP contribution is 2.35. The van der Waals surface area contributed by atoms with Gasteiger partial charge in [-0.25, -0.2) is 18.7 Å². The number of pyridine rings is 1. The van der Waals surface area contributed by atoms with Gasteiger partial charge in [-0.15, -0.1) is 0 Å². The maximum absolute atomic E-state index is 15.2. The van der Waals surface area contributed by atoms with E-state index in [1.807, 2.05) is 0 Å². The van der Waals surface area contributed by atoms with Crippen LogP contribution in [0.5, 0.6) is 11.5 Å². The van der Waals surface area contributed by atoms with Crippen molar-refractivity contribution < 1.29 is 18.3 Å². The number of rotatable bonds is 7. The number of aromatic nitrogens is 5. The molecule has 0 spiro atoms. The van der Waals surface area contributed by atoms with Crippen LogP contribution in [0.25, 0.3) is 16.7 Å². The van der Waals surface area contributed by atoms with Gasteiger partial charge in [0.15, 0.2) is 28.7 Å². The van der Waals surface area contributed by atoms with Gasteiger partial charge in [0.05, 0.1) is 0 Å². The van der Waals surface area contributed by atoms with Crippen LogP contribution < -0.4 is 20.9 Å². The molecule has 1 fully saturated rings. The zero-order valence-corrected chi connectivity index (χ0v) is 22.5. The second-order valence-corrected chi connectivity index (χ2v) is 9.96. The monoisotopic (exact) mass is 572 g/mol. The number of hydrogen-bond donors (Lipinski definition) is 3. The lowest BCUT2D eigenvalue weighted by Gasteiger charge is -2.29. The molecule has 1 saturated heterocycles. The summed E-state index contributed by atoms with van der Waals surface area (Å²) in [4.78, 5) is 36.2. The first-order valence-electron chi connectivity index (χ1n) is 13.3. The number of fused-ring (bicyclic) bond motifs is 1. The highest BCUT2D eigenvalue weighted by molar-refractivity contribution is 6.02. The summed E-state index contributed by atoms with van der Waals surface area (Å²) in [5.41, 5.74) is -0.178. The van der Waals surface area contributed by atoms with Crippen molar-refractivity contribution in [2.24, 2.45) is 0 Å². The fraction of sp³-hybridized carbons (Fsp3) is 0.207. The number of halogens is 2. The number of benzene rings is 2. The van der Waals surface area contributed by atoms with Gasteiger partial charge in [0.1, 0.15) is 17.0 Å². The Morgan fingerprint density at radius 3 is 2.57 bits per heavy atom. The molecule has 0 radical (unpaired) electrons. The molecule has 214 valence electrons. The molecule has 1 amide bonds. The third-order valence-electron chi connectivity index (χ3n) is 7.05. The first-order valence-corrected chi connectivity index (χ1v) is 13.3. The van der Waals surface area contributed by atoms with Gasteiger partial charge in [-0.2, -0.15) is 5.10 Å². The molecule has 0 aliphatic carbocycles. The van der Waals surface area contributed by atoms with E-state index in [4.69, 9.17) is 4.74 Å². The van der Waals surface area contributed by atoms with E-state index in [9.17, 15) is 14.0 Å². The second-order valence-electron chi connectivity index (χ2n) is 9.96. The summed E-state index contributed by atoms with van der Waals surface area (Å²) in [5, 5.41) is 13.8. The van der Waals surface area contributed by atoms with Crippen LogP contribution in [0.15, 0.2) is 71.9 Å². The molecule has 13 heteroatoms. The number of amides is 1. The second kappa shape index (κ2) is 11.4. The summed E-state index contributed by atoms with van der Waals surface area (Å²) in [6, 6.07) is 11.0. The standard InChI is InChI=1S/C29H26F2N8O3/c1-38-13-9-18(10-14-38)34-27-24-23(8-11-33-26(24)36-37-27)42-22-7-4-19(16-21(22)31)35-28(40)25-29(41)39(15-12-32-25)20-5-2-17(30)3-6-20/h2-8,11-12,15-16,18H,9-10,13-14H2,1H3,(H,35,40)(H2,33,34,36,37). The number of ether oxygens (including phenoxy) is 1. The van der Waals surface area contributed by atoms with Crippen LogP contribution >= 0.6 is 0 Å². The molecule has 11 nitrogen and oxygen atoms in total. The fourth-order valence-corrected chi connectivity index (χ4v) is 4.80. The first kappa shape index (κ1) is 27.0. The van der Waals surface area contributed by atoms with E-state index in [0.29, 0.717) is 28.3 Å². The molecule has 0 atom stereocenters. The molecule has 0 bridgehead atoms. The van der Waals surface area contributed by atoms with Crippen molar-refractivity contribution in [3.8, 4) is 17.2 Å². The van der Waals surface area contributed by atoms with E-state index in [0.717, 1.165) is 32.0 Å². The molecule has 1 aliphatic heterocycles. The number of carbonyl (C=O) groups is 1. The van der Waals surface area contributed by atoms with Crippen LogP contribution in [0.3, 0.4) is 0 Å². The maximum Gasteiger partial charge on any atom is 0.286 e. The number of likely N-dealkylation sites (tertiary alicyclic amines) is 1. The van der Waals surface area contributed by atoms with Crippen molar-refractivity contribution in [1.29, 1.82) is 0 Å². The number of nitrogens with zero attached hydrogens (tertiary/aromatic N) is 5. The zero-order chi connectivity index (χ0) is 29.2. The molecule has 6 rings (SSSR count). The summed E-state index contributed by atoms with van der Waals surface area (Å²) >= 11 is 0. The summed E-state index contributed by atoms with van der Waals surface area (Å²) in [7, 11) is 2.09. The van der Waals surface area contributed by atoms with E-state index < -0.39 is 28.8 Å². The predicted molar refractivity (Wildman–Crippen MR) is 152 cm³/mol. The largest absolute Gasteiger partial charge is 0.453 e. The van der Waals surface area contributed by atoms with Crippen LogP contribution in [0, 0.1) is 11.6 Å². The highest BCUT2D eigenvalue weighted by atomic mass is 19.1. The number of nitrogens with one attached hydrogen (secondary N) is 3. The summed E-state index contributed by atoms with van der Waals surface area (Å²) in [6.45, 7) is 1.95. The maximum atomic E-state index is 15.2. The molecular formula is C29H26F2N8O3. The summed E-state index contributed by atoms with van der Waals surface area (Å²) in [6.07, 6.45) is 6.10. The van der Waals surface area contributed by atoms with Gasteiger partial charge in [0.2, 0.25) is 0 Å². The van der Waals surface area contributed by atoms with Crippen LogP contribution in [0.2, 0.25) is 0 Å². The number of carbonyl (C=O) groups excluding carboxylic acids is 1. The number of piperidine rings is 1. The Hall–Kier alpha value is -5.17. The van der Waals surface area contributed by atoms with Gasteiger partial charge < -0.3 is 20.3 Å². The number of hydrogen-bond acceptors (Lipinski definition) is 8. The molecule has 3 N–H and O–H groups in total. The third kappa shape index (κ3) is 5.54. The lowest BCUT2D eigenvalue weighted by atomic mass is 10.1. The van der Waals surface area contributed by atoms with Gasteiger partial charge in [0.25, 0.3) is 11.5 Å². The molecule has 5 aromatic rings. The fourth-order valence-electron chi connectivity index (χ4n) is 4.80. The molecule has 0 unspecified atom stereocenters. The normalized spacial score (nSPS) is 14.2. The van der Waals surface area contributed by atoms with Crippen LogP contribution in [0.4, 0.5) is 20.3 Å². The lowest BCUT2D eigenvalue weighted by molar-refractivity contribution is 0.102. The van der Waals surface area contributed by atoms with E-state index in [2.05, 4.69) is 42.7 Å². The zero-order valence-electron chi connectivity index (χ0n) is 22.5. The van der Waals surface area contributed by atoms with E-state index in [1.165, 1.54) is 59.6 Å². The van der Waals surface area contributed by atoms with E-state index in [-0.39, 0.29) is 17.5 Å². The molecule has 3 aromatic heterocycles. The highest BCUT2D eigenvalue weighted by Gasteiger charge is 2.21. The molecule has 2 aromatic carbocycles. The molecular weight excluding hydrogens is 546 g/mol. The minimum absolute atomic E-state index is 0.0801. The topological polar surface area (TPSA) is 130 Å².